The zero-order valence-electron chi connectivity index (χ0n) is 19.1. The Labute approximate surface area is 194 Å². The van der Waals surface area contributed by atoms with Gasteiger partial charge in [0.1, 0.15) is 0 Å². The van der Waals surface area contributed by atoms with Gasteiger partial charge in [0.05, 0.1) is 5.69 Å². The molecule has 0 unspecified atom stereocenters. The van der Waals surface area contributed by atoms with Crippen LogP contribution in [0.15, 0.2) is 73.1 Å². The quantitative estimate of drug-likeness (QED) is 0.477. The van der Waals surface area contributed by atoms with Gasteiger partial charge in [-0.25, -0.2) is 9.67 Å². The van der Waals surface area contributed by atoms with Gasteiger partial charge in [0.2, 0.25) is 5.95 Å². The Morgan fingerprint density at radius 3 is 2.36 bits per heavy atom. The second-order valence-electron chi connectivity index (χ2n) is 8.34. The van der Waals surface area contributed by atoms with E-state index in [1.165, 1.54) is 11.3 Å². The lowest BCUT2D eigenvalue weighted by atomic mass is 10.1. The summed E-state index contributed by atoms with van der Waals surface area (Å²) in [4.78, 5) is 14.0. The molecule has 0 atom stereocenters. The van der Waals surface area contributed by atoms with E-state index in [-0.39, 0.29) is 0 Å². The van der Waals surface area contributed by atoms with E-state index in [1.807, 2.05) is 18.3 Å². The van der Waals surface area contributed by atoms with E-state index in [0.717, 1.165) is 55.5 Å². The fraction of sp³-hybridized carbons (Fsp3) is 0.269. The van der Waals surface area contributed by atoms with Crippen LogP contribution in [0, 0.1) is 6.92 Å². The Balaban J connectivity index is 1.27. The minimum atomic E-state index is 0.546. The highest BCUT2D eigenvalue weighted by Gasteiger charge is 2.15. The number of likely N-dealkylation sites (N-methyl/N-ethyl adjacent to an activating group) is 1. The molecular weight excluding hydrogens is 410 g/mol. The van der Waals surface area contributed by atoms with E-state index in [4.69, 9.17) is 5.10 Å². The van der Waals surface area contributed by atoms with Crippen LogP contribution in [0.3, 0.4) is 0 Å². The molecule has 33 heavy (non-hydrogen) atoms. The predicted octanol–water partition coefficient (Wildman–Crippen LogP) is 4.52. The van der Waals surface area contributed by atoms with E-state index in [1.54, 1.807) is 10.9 Å². The first-order valence-corrected chi connectivity index (χ1v) is 11.5. The predicted molar refractivity (Wildman–Crippen MR) is 133 cm³/mol. The number of anilines is 3. The Kier molecular flexibility index (Phi) is 6.04. The van der Waals surface area contributed by atoms with Gasteiger partial charge in [0.25, 0.3) is 0 Å². The highest BCUT2D eigenvalue weighted by atomic mass is 15.3. The smallest absolute Gasteiger partial charge is 0.229 e. The molecule has 2 aromatic carbocycles. The first-order chi connectivity index (χ1) is 16.2. The van der Waals surface area contributed by atoms with Crippen LogP contribution in [-0.2, 0) is 0 Å². The number of benzene rings is 2. The van der Waals surface area contributed by atoms with Crippen molar-refractivity contribution in [2.45, 2.75) is 13.8 Å². The first-order valence-electron chi connectivity index (χ1n) is 11.5. The molecule has 0 amide bonds. The highest BCUT2D eigenvalue weighted by molar-refractivity contribution is 5.61. The number of hydrogen-bond donors (Lipinski definition) is 1. The van der Waals surface area contributed by atoms with Crippen molar-refractivity contribution in [2.24, 2.45) is 0 Å². The van der Waals surface area contributed by atoms with Crippen LogP contribution in [0.2, 0.25) is 0 Å². The molecule has 1 saturated heterocycles. The molecule has 0 bridgehead atoms. The Morgan fingerprint density at radius 1 is 0.879 bits per heavy atom. The van der Waals surface area contributed by atoms with Crippen LogP contribution in [-0.4, -0.2) is 57.4 Å². The summed E-state index contributed by atoms with van der Waals surface area (Å²) in [5.74, 6) is 1.26. The van der Waals surface area contributed by atoms with Gasteiger partial charge in [-0.15, -0.1) is 0 Å². The maximum absolute atomic E-state index is 4.69. The van der Waals surface area contributed by atoms with Crippen LogP contribution in [0.1, 0.15) is 12.5 Å². The van der Waals surface area contributed by atoms with Crippen molar-refractivity contribution in [3.63, 3.8) is 0 Å². The number of rotatable bonds is 6. The lowest BCUT2D eigenvalue weighted by Gasteiger charge is -2.35. The number of aryl methyl sites for hydroxylation is 1. The molecule has 7 nitrogen and oxygen atoms in total. The van der Waals surface area contributed by atoms with E-state index in [2.05, 4.69) is 87.5 Å². The molecule has 0 spiro atoms. The van der Waals surface area contributed by atoms with Crippen molar-refractivity contribution in [2.75, 3.05) is 42.9 Å². The SMILES string of the molecule is CCN1CCN(c2ccc(Nc3nccc(-n4ccc(-c5ccc(C)cc5)n4)n3)cc2)CC1. The molecule has 0 saturated carbocycles. The lowest BCUT2D eigenvalue weighted by molar-refractivity contribution is 0.271. The molecule has 1 aliphatic rings. The zero-order valence-corrected chi connectivity index (χ0v) is 19.1. The first kappa shape index (κ1) is 21.2. The minimum Gasteiger partial charge on any atom is -0.369 e. The van der Waals surface area contributed by atoms with Crippen LogP contribution in [0.25, 0.3) is 17.1 Å². The zero-order chi connectivity index (χ0) is 22.6. The third-order valence-corrected chi connectivity index (χ3v) is 6.12. The van der Waals surface area contributed by atoms with Gasteiger partial charge in [0, 0.05) is 61.6 Å². The standard InChI is InChI=1S/C26H29N7/c1-3-31-16-18-32(19-17-31)23-10-8-22(9-11-23)28-26-27-14-12-25(29-26)33-15-13-24(30-33)21-6-4-20(2)5-7-21/h4-15H,3,16-19H2,1-2H3,(H,27,28,29). The molecule has 1 aliphatic heterocycles. The molecule has 4 aromatic rings. The van der Waals surface area contributed by atoms with Crippen LogP contribution >= 0.6 is 0 Å². The average molecular weight is 440 g/mol. The largest absolute Gasteiger partial charge is 0.369 e. The Morgan fingerprint density at radius 2 is 1.64 bits per heavy atom. The van der Waals surface area contributed by atoms with Gasteiger partial charge in [-0.3, -0.25) is 0 Å². The van der Waals surface area contributed by atoms with Crippen molar-refractivity contribution in [1.82, 2.24) is 24.6 Å². The van der Waals surface area contributed by atoms with Gasteiger partial charge in [-0.1, -0.05) is 36.8 Å². The summed E-state index contributed by atoms with van der Waals surface area (Å²) in [6.45, 7) is 9.82. The maximum atomic E-state index is 4.69. The van der Waals surface area contributed by atoms with E-state index >= 15 is 0 Å². The summed E-state index contributed by atoms with van der Waals surface area (Å²) in [6.07, 6.45) is 3.67. The summed E-state index contributed by atoms with van der Waals surface area (Å²) in [6, 6.07) is 20.7. The molecule has 7 heteroatoms. The second kappa shape index (κ2) is 9.42. The molecule has 0 radical (unpaired) electrons. The summed E-state index contributed by atoms with van der Waals surface area (Å²) in [7, 11) is 0. The molecule has 2 aromatic heterocycles. The number of nitrogens with zero attached hydrogens (tertiary/aromatic N) is 6. The van der Waals surface area contributed by atoms with Gasteiger partial charge >= 0.3 is 0 Å². The van der Waals surface area contributed by atoms with Crippen molar-refractivity contribution in [1.29, 1.82) is 0 Å². The van der Waals surface area contributed by atoms with Gasteiger partial charge < -0.3 is 15.1 Å². The Bertz CT molecular complexity index is 1190. The third-order valence-electron chi connectivity index (χ3n) is 6.12. The minimum absolute atomic E-state index is 0.546. The van der Waals surface area contributed by atoms with E-state index in [9.17, 15) is 0 Å². The molecule has 3 heterocycles. The van der Waals surface area contributed by atoms with E-state index < -0.39 is 0 Å². The average Bonchev–Trinajstić information content (AvgIpc) is 3.36. The monoisotopic (exact) mass is 439 g/mol. The Hall–Kier alpha value is -3.71. The summed E-state index contributed by atoms with van der Waals surface area (Å²) in [5, 5.41) is 8.01. The van der Waals surface area contributed by atoms with Crippen molar-refractivity contribution in [3.05, 3.63) is 78.6 Å². The number of piperazine rings is 1. The van der Waals surface area contributed by atoms with Crippen LogP contribution < -0.4 is 10.2 Å². The number of nitrogens with one attached hydrogen (secondary N) is 1. The van der Waals surface area contributed by atoms with E-state index in [0.29, 0.717) is 5.95 Å². The van der Waals surface area contributed by atoms with Crippen molar-refractivity contribution in [3.8, 4) is 17.1 Å². The maximum Gasteiger partial charge on any atom is 0.229 e. The summed E-state index contributed by atoms with van der Waals surface area (Å²) in [5.41, 5.74) is 5.45. The lowest BCUT2D eigenvalue weighted by Crippen LogP contribution is -2.46. The fourth-order valence-corrected chi connectivity index (χ4v) is 4.07. The number of hydrogen-bond acceptors (Lipinski definition) is 6. The number of aromatic nitrogens is 4. The van der Waals surface area contributed by atoms with Crippen LogP contribution in [0.4, 0.5) is 17.3 Å². The van der Waals surface area contributed by atoms with Gasteiger partial charge in [-0.2, -0.15) is 10.1 Å². The molecule has 5 rings (SSSR count). The fourth-order valence-electron chi connectivity index (χ4n) is 4.07. The molecule has 1 N–H and O–H groups in total. The summed E-state index contributed by atoms with van der Waals surface area (Å²) < 4.78 is 1.78. The third kappa shape index (κ3) is 4.88. The van der Waals surface area contributed by atoms with Gasteiger partial charge in [0.15, 0.2) is 5.82 Å². The molecular formula is C26H29N7. The molecule has 1 fully saturated rings. The van der Waals surface area contributed by atoms with Crippen molar-refractivity contribution >= 4 is 17.3 Å². The summed E-state index contributed by atoms with van der Waals surface area (Å²) >= 11 is 0. The molecule has 0 aliphatic carbocycles. The highest BCUT2D eigenvalue weighted by Crippen LogP contribution is 2.22. The van der Waals surface area contributed by atoms with Crippen molar-refractivity contribution < 1.29 is 0 Å². The second-order valence-corrected chi connectivity index (χ2v) is 8.34. The normalized spacial score (nSPS) is 14.4. The van der Waals surface area contributed by atoms with Crippen LogP contribution in [0.5, 0.6) is 0 Å². The molecule has 168 valence electrons. The topological polar surface area (TPSA) is 62.1 Å². The van der Waals surface area contributed by atoms with Gasteiger partial charge in [-0.05, 0) is 43.8 Å².